The molecule has 0 bridgehead atoms. The van der Waals surface area contributed by atoms with Crippen molar-refractivity contribution >= 4 is 31.9 Å². The first kappa shape index (κ1) is 13.3. The summed E-state index contributed by atoms with van der Waals surface area (Å²) in [7, 11) is 0. The van der Waals surface area contributed by atoms with Crippen molar-refractivity contribution in [1.82, 2.24) is 4.98 Å². The van der Waals surface area contributed by atoms with E-state index < -0.39 is 9.21 Å². The number of pyridine rings is 1. The number of fused-ring (bicyclic) bond motifs is 1. The number of hydrogen-bond acceptors (Lipinski definition) is 4. The number of aromatic nitrogens is 1. The minimum absolute atomic E-state index is 0.484. The summed E-state index contributed by atoms with van der Waals surface area (Å²) in [6, 6.07) is 3.64. The average molecular weight is 367 g/mol. The molecule has 94 valence electrons. The van der Waals surface area contributed by atoms with E-state index in [9.17, 15) is 0 Å². The lowest BCUT2D eigenvalue weighted by atomic mass is 10.2. The van der Waals surface area contributed by atoms with Crippen molar-refractivity contribution in [2.45, 2.75) is 23.1 Å². The second kappa shape index (κ2) is 4.84. The van der Waals surface area contributed by atoms with Crippen LogP contribution in [0.4, 0.5) is 0 Å². The van der Waals surface area contributed by atoms with Crippen LogP contribution < -0.4 is 4.74 Å². The van der Waals surface area contributed by atoms with Crippen molar-refractivity contribution in [3.8, 4) is 5.75 Å². The first-order chi connectivity index (χ1) is 8.07. The van der Waals surface area contributed by atoms with Crippen LogP contribution in [0.25, 0.3) is 0 Å². The van der Waals surface area contributed by atoms with Gasteiger partial charge in [-0.2, -0.15) is 0 Å². The zero-order valence-corrected chi connectivity index (χ0v) is 12.7. The van der Waals surface area contributed by atoms with Crippen molar-refractivity contribution in [2.75, 3.05) is 13.2 Å². The van der Waals surface area contributed by atoms with Crippen molar-refractivity contribution in [3.63, 3.8) is 0 Å². The zero-order valence-electron chi connectivity index (χ0n) is 9.57. The van der Waals surface area contributed by atoms with Crippen LogP contribution >= 0.6 is 31.9 Å². The highest BCUT2D eigenvalue weighted by atomic mass is 79.9. The van der Waals surface area contributed by atoms with E-state index in [1.54, 1.807) is 6.20 Å². The van der Waals surface area contributed by atoms with Gasteiger partial charge in [-0.15, -0.1) is 0 Å². The second-order valence-corrected chi connectivity index (χ2v) is 6.75. The Hall–Kier alpha value is -0.170. The summed E-state index contributed by atoms with van der Waals surface area (Å²) < 4.78 is 16.3. The van der Waals surface area contributed by atoms with E-state index in [1.165, 1.54) is 0 Å². The normalized spacial score (nSPS) is 19.8. The monoisotopic (exact) mass is 365 g/mol. The van der Waals surface area contributed by atoms with E-state index in [0.29, 0.717) is 24.7 Å². The van der Waals surface area contributed by atoms with Crippen LogP contribution in [0.1, 0.15) is 19.5 Å². The number of rotatable bonds is 4. The highest BCUT2D eigenvalue weighted by Crippen LogP contribution is 2.56. The highest BCUT2D eigenvalue weighted by molar-refractivity contribution is 9.25. The quantitative estimate of drug-likeness (QED) is 0.606. The Bertz CT molecular complexity index is 405. The van der Waals surface area contributed by atoms with Gasteiger partial charge in [0.15, 0.2) is 0 Å². The van der Waals surface area contributed by atoms with Crippen LogP contribution in [0.3, 0.4) is 0 Å². The molecule has 0 N–H and O–H groups in total. The van der Waals surface area contributed by atoms with Gasteiger partial charge in [-0.1, -0.05) is 0 Å². The average Bonchev–Trinajstić information content (AvgIpc) is 2.49. The predicted molar refractivity (Wildman–Crippen MR) is 70.4 cm³/mol. The SMILES string of the molecule is CCOC1(OCC)c2ncccc2OC1(Br)Br. The van der Waals surface area contributed by atoms with E-state index in [0.717, 1.165) is 0 Å². The molecule has 0 radical (unpaired) electrons. The number of hydrogen-bond donors (Lipinski definition) is 0. The van der Waals surface area contributed by atoms with E-state index in [4.69, 9.17) is 14.2 Å². The molecule has 0 spiro atoms. The van der Waals surface area contributed by atoms with Crippen LogP contribution in [-0.2, 0) is 15.3 Å². The van der Waals surface area contributed by atoms with Gasteiger partial charge in [-0.25, -0.2) is 0 Å². The van der Waals surface area contributed by atoms with Crippen LogP contribution in [0.15, 0.2) is 18.3 Å². The molecule has 2 heterocycles. The molecule has 0 atom stereocenters. The molecule has 1 aliphatic heterocycles. The minimum Gasteiger partial charge on any atom is -0.458 e. The van der Waals surface area contributed by atoms with Crippen LogP contribution in [0.5, 0.6) is 5.75 Å². The molecule has 0 aromatic carbocycles. The molecule has 1 aromatic rings. The fourth-order valence-electron chi connectivity index (χ4n) is 1.82. The fourth-order valence-corrected chi connectivity index (χ4v) is 3.00. The molecule has 0 amide bonds. The number of nitrogens with zero attached hydrogens (tertiary/aromatic N) is 1. The first-order valence-corrected chi connectivity index (χ1v) is 6.96. The summed E-state index contributed by atoms with van der Waals surface area (Å²) in [6.45, 7) is 4.77. The molecule has 0 unspecified atom stereocenters. The molecule has 2 rings (SSSR count). The topological polar surface area (TPSA) is 40.6 Å². The maximum Gasteiger partial charge on any atom is 0.278 e. The molecule has 6 heteroatoms. The van der Waals surface area contributed by atoms with Crippen LogP contribution in [0.2, 0.25) is 0 Å². The van der Waals surface area contributed by atoms with Gasteiger partial charge < -0.3 is 14.2 Å². The van der Waals surface area contributed by atoms with Gasteiger partial charge in [0, 0.05) is 19.4 Å². The Morgan fingerprint density at radius 1 is 1.29 bits per heavy atom. The Morgan fingerprint density at radius 3 is 2.53 bits per heavy atom. The lowest BCUT2D eigenvalue weighted by molar-refractivity contribution is -0.259. The third-order valence-corrected chi connectivity index (χ3v) is 3.77. The molecular formula is C11H13Br2NO3. The maximum absolute atomic E-state index is 5.77. The summed E-state index contributed by atoms with van der Waals surface area (Å²) in [4.78, 5) is 4.31. The van der Waals surface area contributed by atoms with Crippen LogP contribution in [-0.4, -0.2) is 21.6 Å². The minimum atomic E-state index is -1.08. The van der Waals surface area contributed by atoms with Gasteiger partial charge in [0.05, 0.1) is 0 Å². The molecule has 0 saturated heterocycles. The molecule has 0 aliphatic carbocycles. The Labute approximate surface area is 117 Å². The highest BCUT2D eigenvalue weighted by Gasteiger charge is 2.62. The van der Waals surface area contributed by atoms with E-state index in [2.05, 4.69) is 36.8 Å². The van der Waals surface area contributed by atoms with Crippen molar-refractivity contribution in [3.05, 3.63) is 24.0 Å². The predicted octanol–water partition coefficient (Wildman–Crippen LogP) is 3.14. The number of halogens is 2. The number of alkyl halides is 2. The Morgan fingerprint density at radius 2 is 1.94 bits per heavy atom. The standard InChI is InChI=1S/C11H13Br2NO3/c1-3-15-10(16-4-2)9-8(6-5-7-14-9)17-11(10,12)13/h5-7H,3-4H2,1-2H3. The smallest absolute Gasteiger partial charge is 0.278 e. The lowest BCUT2D eigenvalue weighted by Crippen LogP contribution is -2.47. The molecule has 1 aromatic heterocycles. The summed E-state index contributed by atoms with van der Waals surface area (Å²) in [5.74, 6) is -0.434. The zero-order chi connectivity index (χ0) is 12.5. The molecule has 4 nitrogen and oxygen atoms in total. The third-order valence-electron chi connectivity index (χ3n) is 2.40. The van der Waals surface area contributed by atoms with E-state index >= 15 is 0 Å². The van der Waals surface area contributed by atoms with Crippen LogP contribution in [0, 0.1) is 0 Å². The molecule has 1 aliphatic rings. The van der Waals surface area contributed by atoms with Gasteiger partial charge in [0.2, 0.25) is 0 Å². The van der Waals surface area contributed by atoms with Crippen molar-refractivity contribution in [2.24, 2.45) is 0 Å². The Balaban J connectivity index is 2.53. The first-order valence-electron chi connectivity index (χ1n) is 5.37. The van der Waals surface area contributed by atoms with Gasteiger partial charge in [0.25, 0.3) is 9.21 Å². The largest absolute Gasteiger partial charge is 0.458 e. The van der Waals surface area contributed by atoms with Crippen molar-refractivity contribution < 1.29 is 14.2 Å². The summed E-state index contributed by atoms with van der Waals surface area (Å²) in [5, 5.41) is 0. The summed E-state index contributed by atoms with van der Waals surface area (Å²) >= 11 is 6.91. The van der Waals surface area contributed by atoms with Crippen molar-refractivity contribution in [1.29, 1.82) is 0 Å². The van der Waals surface area contributed by atoms with E-state index in [1.807, 2.05) is 26.0 Å². The van der Waals surface area contributed by atoms with Gasteiger partial charge >= 0.3 is 0 Å². The summed E-state index contributed by atoms with van der Waals surface area (Å²) in [6.07, 6.45) is 1.69. The molecule has 0 fully saturated rings. The third kappa shape index (κ3) is 2.01. The Kier molecular flexibility index (Phi) is 3.77. The molecule has 0 saturated carbocycles. The van der Waals surface area contributed by atoms with E-state index in [-0.39, 0.29) is 0 Å². The van der Waals surface area contributed by atoms with Gasteiger partial charge in [0.1, 0.15) is 11.4 Å². The van der Waals surface area contributed by atoms with Gasteiger partial charge in [-0.05, 0) is 57.8 Å². The molecular weight excluding hydrogens is 354 g/mol. The summed E-state index contributed by atoms with van der Waals surface area (Å²) in [5.41, 5.74) is 0.637. The maximum atomic E-state index is 5.77. The number of ether oxygens (including phenoxy) is 3. The fraction of sp³-hybridized carbons (Fsp3) is 0.545. The van der Waals surface area contributed by atoms with Gasteiger partial charge in [-0.3, -0.25) is 4.98 Å². The second-order valence-electron chi connectivity index (χ2n) is 3.45. The lowest BCUT2D eigenvalue weighted by Gasteiger charge is -2.34. The molecule has 17 heavy (non-hydrogen) atoms.